The van der Waals surface area contributed by atoms with Crippen molar-refractivity contribution in [1.29, 1.82) is 0 Å². The van der Waals surface area contributed by atoms with E-state index in [-0.39, 0.29) is 5.69 Å². The standard InChI is InChI=1S/C22H17N5O3S/c1-30-18-10-8-17(9-11-18)23-14-15-7-12-20(19(13-15)27(28)29)31-22-24-21(25-26-22)16-5-3-2-4-6-16/h2-14H,1H3,(H,24,25,26). The molecule has 0 aliphatic carbocycles. The summed E-state index contributed by atoms with van der Waals surface area (Å²) in [6.45, 7) is 0. The number of aromatic amines is 1. The van der Waals surface area contributed by atoms with Crippen LogP contribution >= 0.6 is 11.8 Å². The fraction of sp³-hybridized carbons (Fsp3) is 0.0455. The number of nitrogens with one attached hydrogen (secondary N) is 1. The minimum Gasteiger partial charge on any atom is -0.497 e. The van der Waals surface area contributed by atoms with Crippen molar-refractivity contribution in [1.82, 2.24) is 15.2 Å². The number of H-pyrrole nitrogens is 1. The lowest BCUT2D eigenvalue weighted by molar-refractivity contribution is -0.387. The van der Waals surface area contributed by atoms with Crippen LogP contribution in [0.5, 0.6) is 5.75 Å². The zero-order chi connectivity index (χ0) is 21.6. The first-order valence-corrected chi connectivity index (χ1v) is 10.1. The van der Waals surface area contributed by atoms with Crippen LogP contribution in [-0.2, 0) is 0 Å². The topological polar surface area (TPSA) is 106 Å². The van der Waals surface area contributed by atoms with Crippen molar-refractivity contribution in [3.63, 3.8) is 0 Å². The van der Waals surface area contributed by atoms with E-state index in [0.717, 1.165) is 28.8 Å². The van der Waals surface area contributed by atoms with Crippen LogP contribution in [0, 0.1) is 10.1 Å². The van der Waals surface area contributed by atoms with Crippen LogP contribution in [0.1, 0.15) is 5.56 Å². The third kappa shape index (κ3) is 4.96. The van der Waals surface area contributed by atoms with Gasteiger partial charge in [-0.25, -0.2) is 4.98 Å². The minimum absolute atomic E-state index is 0.0326. The molecule has 0 saturated heterocycles. The van der Waals surface area contributed by atoms with Crippen molar-refractivity contribution in [2.45, 2.75) is 10.1 Å². The maximum absolute atomic E-state index is 11.6. The molecule has 0 aliphatic heterocycles. The maximum Gasteiger partial charge on any atom is 0.283 e. The van der Waals surface area contributed by atoms with E-state index in [1.165, 1.54) is 6.07 Å². The number of methoxy groups -OCH3 is 1. The van der Waals surface area contributed by atoms with E-state index in [2.05, 4.69) is 20.2 Å². The number of rotatable bonds is 7. The molecule has 1 N–H and O–H groups in total. The van der Waals surface area contributed by atoms with Gasteiger partial charge in [0, 0.05) is 17.8 Å². The van der Waals surface area contributed by atoms with Crippen molar-refractivity contribution in [3.05, 3.63) is 88.5 Å². The van der Waals surface area contributed by atoms with Crippen molar-refractivity contribution >= 4 is 29.4 Å². The monoisotopic (exact) mass is 431 g/mol. The van der Waals surface area contributed by atoms with Crippen LogP contribution in [-0.4, -0.2) is 33.4 Å². The molecule has 0 bridgehead atoms. The first-order chi connectivity index (χ1) is 15.1. The van der Waals surface area contributed by atoms with E-state index in [0.29, 0.717) is 21.4 Å². The van der Waals surface area contributed by atoms with Crippen LogP contribution < -0.4 is 4.74 Å². The highest BCUT2D eigenvalue weighted by atomic mass is 32.2. The highest BCUT2D eigenvalue weighted by molar-refractivity contribution is 7.99. The number of benzene rings is 3. The third-order valence-electron chi connectivity index (χ3n) is 4.33. The number of aromatic nitrogens is 3. The van der Waals surface area contributed by atoms with E-state index in [9.17, 15) is 10.1 Å². The number of nitro benzene ring substituents is 1. The molecule has 31 heavy (non-hydrogen) atoms. The summed E-state index contributed by atoms with van der Waals surface area (Å²) in [4.78, 5) is 20.4. The molecule has 0 amide bonds. The Bertz CT molecular complexity index is 1220. The second-order valence-corrected chi connectivity index (χ2v) is 7.38. The van der Waals surface area contributed by atoms with Gasteiger partial charge in [-0.05, 0) is 47.7 Å². The molecule has 3 aromatic carbocycles. The predicted molar refractivity (Wildman–Crippen MR) is 119 cm³/mol. The summed E-state index contributed by atoms with van der Waals surface area (Å²) in [5.41, 5.74) is 2.19. The Morgan fingerprint density at radius 2 is 1.87 bits per heavy atom. The highest BCUT2D eigenvalue weighted by Crippen LogP contribution is 2.34. The molecule has 0 spiro atoms. The largest absolute Gasteiger partial charge is 0.497 e. The first kappa shape index (κ1) is 20.3. The zero-order valence-corrected chi connectivity index (χ0v) is 17.2. The van der Waals surface area contributed by atoms with E-state index in [1.807, 2.05) is 42.5 Å². The molecule has 9 heteroatoms. The fourth-order valence-electron chi connectivity index (χ4n) is 2.78. The van der Waals surface area contributed by atoms with Crippen LogP contribution in [0.4, 0.5) is 11.4 Å². The average Bonchev–Trinajstić information content (AvgIpc) is 3.28. The maximum atomic E-state index is 11.6. The fourth-order valence-corrected chi connectivity index (χ4v) is 3.58. The third-order valence-corrected chi connectivity index (χ3v) is 5.26. The van der Waals surface area contributed by atoms with Crippen molar-refractivity contribution < 1.29 is 9.66 Å². The number of aliphatic imine (C=N–C) groups is 1. The van der Waals surface area contributed by atoms with Crippen molar-refractivity contribution in [2.24, 2.45) is 4.99 Å². The Morgan fingerprint density at radius 1 is 1.10 bits per heavy atom. The van der Waals surface area contributed by atoms with Gasteiger partial charge < -0.3 is 4.74 Å². The van der Waals surface area contributed by atoms with E-state index < -0.39 is 4.92 Å². The summed E-state index contributed by atoms with van der Waals surface area (Å²) in [5.74, 6) is 1.34. The smallest absolute Gasteiger partial charge is 0.283 e. The van der Waals surface area contributed by atoms with Gasteiger partial charge in [0.05, 0.1) is 22.6 Å². The van der Waals surface area contributed by atoms with Crippen LogP contribution in [0.15, 0.2) is 87.8 Å². The normalized spacial score (nSPS) is 11.0. The summed E-state index contributed by atoms with van der Waals surface area (Å²) in [6, 6.07) is 21.7. The van der Waals surface area contributed by atoms with Crippen LogP contribution in [0.25, 0.3) is 11.4 Å². The van der Waals surface area contributed by atoms with Gasteiger partial charge in [-0.15, -0.1) is 5.10 Å². The molecule has 4 rings (SSSR count). The quantitative estimate of drug-likeness (QED) is 0.242. The summed E-state index contributed by atoms with van der Waals surface area (Å²) in [6.07, 6.45) is 1.59. The molecular weight excluding hydrogens is 414 g/mol. The van der Waals surface area contributed by atoms with Crippen LogP contribution in [0.2, 0.25) is 0 Å². The molecule has 1 aromatic heterocycles. The Labute approximate surface area is 182 Å². The molecule has 0 unspecified atom stereocenters. The minimum atomic E-state index is -0.419. The zero-order valence-electron chi connectivity index (χ0n) is 16.4. The molecular formula is C22H17N5O3S. The lowest BCUT2D eigenvalue weighted by Gasteiger charge is -2.02. The van der Waals surface area contributed by atoms with Crippen molar-refractivity contribution in [2.75, 3.05) is 7.11 Å². The van der Waals surface area contributed by atoms with Gasteiger partial charge in [-0.1, -0.05) is 36.4 Å². The molecule has 0 fully saturated rings. The van der Waals surface area contributed by atoms with Gasteiger partial charge in [0.25, 0.3) is 5.69 Å². The second-order valence-electron chi connectivity index (χ2n) is 6.38. The Kier molecular flexibility index (Phi) is 6.04. The summed E-state index contributed by atoms with van der Waals surface area (Å²) in [7, 11) is 1.60. The SMILES string of the molecule is COc1ccc(N=Cc2ccc(Sc3n[nH]c(-c4ccccc4)n3)c([N+](=O)[O-])c2)cc1. The summed E-state index contributed by atoms with van der Waals surface area (Å²) >= 11 is 1.13. The Hall–Kier alpha value is -3.98. The summed E-state index contributed by atoms with van der Waals surface area (Å²) in [5, 5.41) is 19.1. The van der Waals surface area contributed by atoms with Gasteiger partial charge >= 0.3 is 0 Å². The molecule has 0 radical (unpaired) electrons. The molecule has 0 saturated carbocycles. The van der Waals surface area contributed by atoms with Crippen LogP contribution in [0.3, 0.4) is 0 Å². The average molecular weight is 431 g/mol. The van der Waals surface area contributed by atoms with Crippen molar-refractivity contribution in [3.8, 4) is 17.1 Å². The number of hydrogen-bond donors (Lipinski definition) is 1. The molecule has 4 aromatic rings. The Morgan fingerprint density at radius 3 is 2.58 bits per heavy atom. The van der Waals surface area contributed by atoms with Gasteiger partial charge in [-0.3, -0.25) is 20.2 Å². The molecule has 1 heterocycles. The Balaban J connectivity index is 1.54. The molecule has 154 valence electrons. The predicted octanol–water partition coefficient (Wildman–Crippen LogP) is 5.29. The van der Waals surface area contributed by atoms with Gasteiger partial charge in [0.15, 0.2) is 5.82 Å². The highest BCUT2D eigenvalue weighted by Gasteiger charge is 2.18. The summed E-state index contributed by atoms with van der Waals surface area (Å²) < 4.78 is 5.12. The van der Waals surface area contributed by atoms with E-state index in [1.54, 1.807) is 37.6 Å². The number of nitrogens with zero attached hydrogens (tertiary/aromatic N) is 4. The number of nitro groups is 1. The first-order valence-electron chi connectivity index (χ1n) is 9.24. The van der Waals surface area contributed by atoms with E-state index in [4.69, 9.17) is 4.74 Å². The van der Waals surface area contributed by atoms with Gasteiger partial charge in [-0.2, -0.15) is 0 Å². The number of hydrogen-bond acceptors (Lipinski definition) is 7. The molecule has 8 nitrogen and oxygen atoms in total. The lowest BCUT2D eigenvalue weighted by atomic mass is 10.2. The van der Waals surface area contributed by atoms with E-state index >= 15 is 0 Å². The lowest BCUT2D eigenvalue weighted by Crippen LogP contribution is -1.93. The second kappa shape index (κ2) is 9.23. The molecule has 0 aliphatic rings. The van der Waals surface area contributed by atoms with Gasteiger partial charge in [0.1, 0.15) is 5.75 Å². The molecule has 0 atom stereocenters. The van der Waals surface area contributed by atoms with Gasteiger partial charge in [0.2, 0.25) is 5.16 Å². The number of ether oxygens (including phenoxy) is 1.